The predicted molar refractivity (Wildman–Crippen MR) is 103 cm³/mol. The molecule has 0 aliphatic heterocycles. The predicted octanol–water partition coefficient (Wildman–Crippen LogP) is 4.75. The molecule has 1 aromatic carbocycles. The average molecular weight is 527 g/mol. The molecule has 3 nitrogen and oxygen atoms in total. The zero-order valence-corrected chi connectivity index (χ0v) is 17.6. The Bertz CT molecular complexity index is 640. The SMILES string of the molecule is CCNC(Cc1c(Br)c(C)nn1C)c1cc(I)ccc1Br. The van der Waals surface area contributed by atoms with Crippen LogP contribution in [-0.4, -0.2) is 16.3 Å². The number of aryl methyl sites for hydroxylation is 2. The molecule has 2 aromatic rings. The Balaban J connectivity index is 2.37. The molecule has 114 valence electrons. The molecule has 0 aliphatic rings. The quantitative estimate of drug-likeness (QED) is 0.570. The summed E-state index contributed by atoms with van der Waals surface area (Å²) in [6.45, 7) is 5.09. The average Bonchev–Trinajstić information content (AvgIpc) is 2.67. The summed E-state index contributed by atoms with van der Waals surface area (Å²) in [6, 6.07) is 6.71. The van der Waals surface area contributed by atoms with Crippen LogP contribution in [0.5, 0.6) is 0 Å². The summed E-state index contributed by atoms with van der Waals surface area (Å²) < 4.78 is 5.46. The third-order valence-corrected chi connectivity index (χ3v) is 5.87. The van der Waals surface area contributed by atoms with Crippen molar-refractivity contribution in [3.8, 4) is 0 Å². The molecule has 1 atom stereocenters. The summed E-state index contributed by atoms with van der Waals surface area (Å²) >= 11 is 9.70. The first-order valence-electron chi connectivity index (χ1n) is 6.80. The maximum atomic E-state index is 4.49. The first-order chi connectivity index (χ1) is 9.93. The molecule has 0 bridgehead atoms. The highest BCUT2D eigenvalue weighted by Gasteiger charge is 2.19. The Kier molecular flexibility index (Phi) is 6.28. The van der Waals surface area contributed by atoms with Crippen LogP contribution >= 0.6 is 54.5 Å². The lowest BCUT2D eigenvalue weighted by atomic mass is 10.0. The van der Waals surface area contributed by atoms with E-state index in [9.17, 15) is 0 Å². The number of nitrogens with one attached hydrogen (secondary N) is 1. The third kappa shape index (κ3) is 4.09. The molecule has 1 N–H and O–H groups in total. The van der Waals surface area contributed by atoms with E-state index < -0.39 is 0 Å². The molecule has 6 heteroatoms. The summed E-state index contributed by atoms with van der Waals surface area (Å²) in [5.41, 5.74) is 3.53. The van der Waals surface area contributed by atoms with Crippen LogP contribution in [-0.2, 0) is 13.5 Å². The van der Waals surface area contributed by atoms with Gasteiger partial charge in [0.05, 0.1) is 15.9 Å². The van der Waals surface area contributed by atoms with Crippen LogP contribution in [0.25, 0.3) is 0 Å². The molecule has 0 saturated heterocycles. The van der Waals surface area contributed by atoms with Gasteiger partial charge in [-0.25, -0.2) is 0 Å². The molecular formula is C15H18Br2IN3. The number of hydrogen-bond donors (Lipinski definition) is 1. The monoisotopic (exact) mass is 525 g/mol. The van der Waals surface area contributed by atoms with E-state index in [4.69, 9.17) is 0 Å². The molecule has 0 radical (unpaired) electrons. The van der Waals surface area contributed by atoms with Gasteiger partial charge in [-0.1, -0.05) is 22.9 Å². The van der Waals surface area contributed by atoms with Crippen molar-refractivity contribution in [1.82, 2.24) is 15.1 Å². The first-order valence-corrected chi connectivity index (χ1v) is 9.46. The van der Waals surface area contributed by atoms with Crippen LogP contribution in [0.3, 0.4) is 0 Å². The van der Waals surface area contributed by atoms with Gasteiger partial charge in [0, 0.05) is 27.6 Å². The van der Waals surface area contributed by atoms with Crippen LogP contribution in [0.1, 0.15) is 29.9 Å². The Morgan fingerprint density at radius 1 is 1.38 bits per heavy atom. The van der Waals surface area contributed by atoms with Crippen LogP contribution in [0.15, 0.2) is 27.1 Å². The topological polar surface area (TPSA) is 29.9 Å². The second-order valence-corrected chi connectivity index (χ2v) is 7.84. The van der Waals surface area contributed by atoms with Gasteiger partial charge in [-0.15, -0.1) is 0 Å². The molecule has 0 amide bonds. The summed E-state index contributed by atoms with van der Waals surface area (Å²) in [6.07, 6.45) is 0.893. The van der Waals surface area contributed by atoms with Gasteiger partial charge >= 0.3 is 0 Å². The van der Waals surface area contributed by atoms with Crippen LogP contribution in [0, 0.1) is 10.5 Å². The minimum absolute atomic E-state index is 0.255. The highest BCUT2D eigenvalue weighted by atomic mass is 127. The zero-order valence-electron chi connectivity index (χ0n) is 12.3. The van der Waals surface area contributed by atoms with Crippen molar-refractivity contribution in [1.29, 1.82) is 0 Å². The van der Waals surface area contributed by atoms with E-state index in [1.54, 1.807) is 0 Å². The number of benzene rings is 1. The van der Waals surface area contributed by atoms with Gasteiger partial charge in [-0.05, 0) is 75.8 Å². The van der Waals surface area contributed by atoms with Crippen molar-refractivity contribution in [3.63, 3.8) is 0 Å². The van der Waals surface area contributed by atoms with E-state index in [2.05, 4.69) is 90.0 Å². The van der Waals surface area contributed by atoms with Crippen molar-refractivity contribution in [3.05, 3.63) is 47.7 Å². The van der Waals surface area contributed by atoms with Crippen LogP contribution in [0.4, 0.5) is 0 Å². The van der Waals surface area contributed by atoms with E-state index in [0.717, 1.165) is 27.6 Å². The van der Waals surface area contributed by atoms with Gasteiger partial charge in [0.15, 0.2) is 0 Å². The number of rotatable bonds is 5. The van der Waals surface area contributed by atoms with E-state index >= 15 is 0 Å². The Morgan fingerprint density at radius 2 is 2.10 bits per heavy atom. The lowest BCUT2D eigenvalue weighted by molar-refractivity contribution is 0.526. The molecule has 1 heterocycles. The zero-order chi connectivity index (χ0) is 15.6. The van der Waals surface area contributed by atoms with Crippen molar-refractivity contribution in [2.24, 2.45) is 7.05 Å². The molecular weight excluding hydrogens is 509 g/mol. The molecule has 21 heavy (non-hydrogen) atoms. The molecule has 1 unspecified atom stereocenters. The molecule has 0 saturated carbocycles. The summed E-state index contributed by atoms with van der Waals surface area (Å²) in [5, 5.41) is 8.07. The minimum Gasteiger partial charge on any atom is -0.310 e. The van der Waals surface area contributed by atoms with Gasteiger partial charge in [0.2, 0.25) is 0 Å². The molecule has 2 rings (SSSR count). The van der Waals surface area contributed by atoms with Gasteiger partial charge in [0.25, 0.3) is 0 Å². The van der Waals surface area contributed by atoms with Crippen molar-refractivity contribution >= 4 is 54.5 Å². The normalized spacial score (nSPS) is 12.7. The lowest BCUT2D eigenvalue weighted by Gasteiger charge is -2.20. The standard InChI is InChI=1S/C15H18Br2IN3/c1-4-19-13(11-7-10(18)5-6-12(11)16)8-14-15(17)9(2)20-21(14)3/h5-7,13,19H,4,8H2,1-3H3. The van der Waals surface area contributed by atoms with Crippen molar-refractivity contribution in [2.75, 3.05) is 6.54 Å². The maximum absolute atomic E-state index is 4.49. The fraction of sp³-hybridized carbons (Fsp3) is 0.400. The number of aromatic nitrogens is 2. The lowest BCUT2D eigenvalue weighted by Crippen LogP contribution is -2.24. The summed E-state index contributed by atoms with van der Waals surface area (Å²) in [5.74, 6) is 0. The van der Waals surface area contributed by atoms with Crippen molar-refractivity contribution < 1.29 is 0 Å². The van der Waals surface area contributed by atoms with Gasteiger partial charge in [-0.3, -0.25) is 4.68 Å². The maximum Gasteiger partial charge on any atom is 0.0738 e. The van der Waals surface area contributed by atoms with Gasteiger partial charge in [0.1, 0.15) is 0 Å². The van der Waals surface area contributed by atoms with E-state index in [1.807, 2.05) is 18.7 Å². The van der Waals surface area contributed by atoms with Crippen LogP contribution < -0.4 is 5.32 Å². The molecule has 1 aromatic heterocycles. The molecule has 0 fully saturated rings. The highest BCUT2D eigenvalue weighted by molar-refractivity contribution is 14.1. The smallest absolute Gasteiger partial charge is 0.0738 e. The Morgan fingerprint density at radius 3 is 2.67 bits per heavy atom. The van der Waals surface area contributed by atoms with E-state index in [-0.39, 0.29) is 6.04 Å². The minimum atomic E-state index is 0.255. The Labute approximate surface area is 156 Å². The molecule has 0 aliphatic carbocycles. The molecule has 0 spiro atoms. The highest BCUT2D eigenvalue weighted by Crippen LogP contribution is 2.30. The first kappa shape index (κ1) is 17.4. The largest absolute Gasteiger partial charge is 0.310 e. The third-order valence-electron chi connectivity index (χ3n) is 3.44. The van der Waals surface area contributed by atoms with E-state index in [0.29, 0.717) is 0 Å². The number of nitrogens with zero attached hydrogens (tertiary/aromatic N) is 2. The summed E-state index contributed by atoms with van der Waals surface area (Å²) in [4.78, 5) is 0. The second kappa shape index (κ2) is 7.57. The number of halogens is 3. The Hall–Kier alpha value is 0.0800. The summed E-state index contributed by atoms with van der Waals surface area (Å²) in [7, 11) is 2.00. The van der Waals surface area contributed by atoms with Gasteiger partial charge in [-0.2, -0.15) is 5.10 Å². The van der Waals surface area contributed by atoms with E-state index in [1.165, 1.54) is 14.8 Å². The van der Waals surface area contributed by atoms with Crippen molar-refractivity contribution in [2.45, 2.75) is 26.3 Å². The van der Waals surface area contributed by atoms with Crippen LogP contribution in [0.2, 0.25) is 0 Å². The van der Waals surface area contributed by atoms with Gasteiger partial charge < -0.3 is 5.32 Å². The fourth-order valence-corrected chi connectivity index (χ4v) is 3.95. The number of hydrogen-bond acceptors (Lipinski definition) is 2. The fourth-order valence-electron chi connectivity index (χ4n) is 2.42. The second-order valence-electron chi connectivity index (χ2n) is 4.95. The number of likely N-dealkylation sites (N-methyl/N-ethyl adjacent to an activating group) is 1.